The fourth-order valence-electron chi connectivity index (χ4n) is 4.86. The van der Waals surface area contributed by atoms with Crippen molar-refractivity contribution in [2.45, 2.75) is 79.1 Å². The summed E-state index contributed by atoms with van der Waals surface area (Å²) in [5.74, 6) is 1.39. The van der Waals surface area contributed by atoms with Crippen LogP contribution in [0.25, 0.3) is 0 Å². The number of hydrogen-bond acceptors (Lipinski definition) is 6. The number of halogens is 3. The molecule has 200 valence electrons. The van der Waals surface area contributed by atoms with Crippen LogP contribution in [0.1, 0.15) is 18.9 Å². The van der Waals surface area contributed by atoms with Gasteiger partial charge < -0.3 is 29.4 Å². The molecule has 1 saturated heterocycles. The van der Waals surface area contributed by atoms with Gasteiger partial charge in [-0.15, -0.1) is 5.54 Å². The van der Waals surface area contributed by atoms with Gasteiger partial charge in [0.1, 0.15) is 31.9 Å². The van der Waals surface area contributed by atoms with Gasteiger partial charge in [0, 0.05) is 20.1 Å². The molecule has 2 aliphatic rings. The molecule has 1 amide bonds. The van der Waals surface area contributed by atoms with Crippen LogP contribution in [0.3, 0.4) is 0 Å². The van der Waals surface area contributed by atoms with Crippen molar-refractivity contribution in [3.8, 4) is 11.5 Å². The van der Waals surface area contributed by atoms with E-state index in [0.717, 1.165) is 5.56 Å². The molecule has 2 fully saturated rings. The second-order valence-corrected chi connectivity index (χ2v) is 17.6. The lowest BCUT2D eigenvalue weighted by molar-refractivity contribution is -0.203. The Morgan fingerprint density at radius 1 is 1.25 bits per heavy atom. The molecule has 1 aliphatic carbocycles. The van der Waals surface area contributed by atoms with E-state index in [4.69, 9.17) is 53.8 Å². The van der Waals surface area contributed by atoms with E-state index in [-0.39, 0.29) is 6.61 Å². The molecule has 0 spiro atoms. The Balaban J connectivity index is 2.18. The molecule has 3 rings (SSSR count). The summed E-state index contributed by atoms with van der Waals surface area (Å²) in [6.07, 6.45) is -3.20. The van der Waals surface area contributed by atoms with Crippen LogP contribution in [0.15, 0.2) is 30.3 Å². The molecular formula is C25H34Cl3NO6Si. The van der Waals surface area contributed by atoms with E-state index < -0.39 is 59.4 Å². The van der Waals surface area contributed by atoms with Crippen molar-refractivity contribution >= 4 is 48.8 Å². The molecule has 11 heteroatoms. The van der Waals surface area contributed by atoms with E-state index in [1.807, 2.05) is 37.3 Å². The highest BCUT2D eigenvalue weighted by Gasteiger charge is 2.73. The number of aliphatic hydroxyl groups is 1. The number of amides is 1. The monoisotopic (exact) mass is 577 g/mol. The molecule has 6 atom stereocenters. The Kier molecular flexibility index (Phi) is 9.15. The van der Waals surface area contributed by atoms with E-state index in [1.165, 1.54) is 14.2 Å². The van der Waals surface area contributed by atoms with E-state index in [1.54, 1.807) is 0 Å². The zero-order chi connectivity index (χ0) is 26.9. The Hall–Kier alpha value is -0.863. The number of aliphatic hydroxyl groups excluding tert-OH is 1. The third-order valence-corrected chi connectivity index (χ3v) is 8.02. The summed E-state index contributed by atoms with van der Waals surface area (Å²) < 4.78 is 21.6. The average molecular weight is 579 g/mol. The number of carbonyl (C=O) groups excluding carboxylic acids is 1. The van der Waals surface area contributed by atoms with Crippen molar-refractivity contribution in [1.29, 1.82) is 0 Å². The largest absolute Gasteiger partial charge is 0.378 e. The minimum atomic E-state index is -2.30. The highest BCUT2D eigenvalue weighted by Crippen LogP contribution is 2.56. The van der Waals surface area contributed by atoms with Crippen molar-refractivity contribution in [3.63, 3.8) is 0 Å². The standard InChI is InChI=1S/C25H34Cl3NO6Si/c1-23-14-17(21(32-2)33-3)24(29-22(31)25(26,27)28,18(30)12-13-36(4,5)6)20(19(23)35-23)34-15-16-10-8-7-9-11-16/h7-11,17-21,30H,14-15H2,1-6H3,(H,29,31)/t17-,18-,19-,20-,23+,24+/m1/s1. The Morgan fingerprint density at radius 2 is 1.86 bits per heavy atom. The van der Waals surface area contributed by atoms with Crippen LogP contribution in [-0.4, -0.2) is 72.8 Å². The maximum absolute atomic E-state index is 13.2. The van der Waals surface area contributed by atoms with Crippen LogP contribution in [0, 0.1) is 17.4 Å². The normalized spacial score (nSPS) is 30.7. The van der Waals surface area contributed by atoms with Gasteiger partial charge in [0.05, 0.1) is 12.2 Å². The van der Waals surface area contributed by atoms with Gasteiger partial charge in [-0.1, -0.05) is 90.7 Å². The molecule has 1 saturated carbocycles. The highest BCUT2D eigenvalue weighted by atomic mass is 35.6. The molecular weight excluding hydrogens is 545 g/mol. The number of rotatable bonds is 8. The predicted molar refractivity (Wildman–Crippen MR) is 143 cm³/mol. The first-order chi connectivity index (χ1) is 16.7. The average Bonchev–Trinajstić information content (AvgIpc) is 3.47. The van der Waals surface area contributed by atoms with Crippen molar-refractivity contribution in [1.82, 2.24) is 5.32 Å². The first-order valence-corrected chi connectivity index (χ1v) is 16.3. The first-order valence-electron chi connectivity index (χ1n) is 11.7. The Labute approximate surface area is 229 Å². The van der Waals surface area contributed by atoms with E-state index in [0.29, 0.717) is 6.42 Å². The minimum Gasteiger partial charge on any atom is -0.378 e. The van der Waals surface area contributed by atoms with Crippen molar-refractivity contribution in [3.05, 3.63) is 35.9 Å². The maximum Gasteiger partial charge on any atom is 0.272 e. The highest BCUT2D eigenvalue weighted by molar-refractivity contribution is 6.83. The van der Waals surface area contributed by atoms with Crippen LogP contribution < -0.4 is 5.32 Å². The van der Waals surface area contributed by atoms with E-state index in [9.17, 15) is 9.90 Å². The van der Waals surface area contributed by atoms with E-state index >= 15 is 0 Å². The van der Waals surface area contributed by atoms with Gasteiger partial charge in [-0.25, -0.2) is 0 Å². The summed E-state index contributed by atoms with van der Waals surface area (Å²) in [6.45, 7) is 8.30. The van der Waals surface area contributed by atoms with Gasteiger partial charge in [0.2, 0.25) is 0 Å². The molecule has 1 heterocycles. The van der Waals surface area contributed by atoms with Crippen molar-refractivity contribution in [2.24, 2.45) is 5.92 Å². The Morgan fingerprint density at radius 3 is 2.39 bits per heavy atom. The second-order valence-electron chi connectivity index (χ2n) is 10.5. The molecule has 1 aromatic rings. The molecule has 36 heavy (non-hydrogen) atoms. The van der Waals surface area contributed by atoms with Gasteiger partial charge in [0.15, 0.2) is 6.29 Å². The summed E-state index contributed by atoms with van der Waals surface area (Å²) >= 11 is 17.9. The third-order valence-electron chi connectivity index (χ3n) is 6.61. The number of methoxy groups -OCH3 is 2. The molecule has 0 bridgehead atoms. The molecule has 0 aromatic heterocycles. The number of nitrogens with one attached hydrogen (secondary N) is 1. The zero-order valence-electron chi connectivity index (χ0n) is 21.3. The molecule has 1 aromatic carbocycles. The van der Waals surface area contributed by atoms with Gasteiger partial charge >= 0.3 is 0 Å². The SMILES string of the molecule is COC(OC)[C@H]1C[C@]2(C)O[C@@H]2[C@@H](OCc2ccccc2)[C@@]1(NC(=O)C(Cl)(Cl)Cl)[C@H](O)C#C[Si](C)(C)C. The lowest BCUT2D eigenvalue weighted by Gasteiger charge is -2.52. The fraction of sp³-hybridized carbons (Fsp3) is 0.640. The zero-order valence-corrected chi connectivity index (χ0v) is 24.6. The van der Waals surface area contributed by atoms with Gasteiger partial charge in [-0.3, -0.25) is 4.79 Å². The molecule has 2 N–H and O–H groups in total. The number of benzene rings is 1. The number of alkyl halides is 3. The summed E-state index contributed by atoms with van der Waals surface area (Å²) in [6, 6.07) is 9.55. The predicted octanol–water partition coefficient (Wildman–Crippen LogP) is 3.84. The number of ether oxygens (including phenoxy) is 4. The minimum absolute atomic E-state index is 0.193. The number of epoxide rings is 1. The summed E-state index contributed by atoms with van der Waals surface area (Å²) in [7, 11) is 1.05. The van der Waals surface area contributed by atoms with Crippen LogP contribution >= 0.6 is 34.8 Å². The van der Waals surface area contributed by atoms with Crippen LogP contribution in [0.5, 0.6) is 0 Å². The second kappa shape index (κ2) is 11.1. The lowest BCUT2D eigenvalue weighted by Crippen LogP contribution is -2.75. The fourth-order valence-corrected chi connectivity index (χ4v) is 5.57. The van der Waals surface area contributed by atoms with Gasteiger partial charge in [0.25, 0.3) is 9.70 Å². The molecule has 0 unspecified atom stereocenters. The number of hydrogen-bond donors (Lipinski definition) is 2. The first kappa shape index (κ1) is 29.7. The van der Waals surface area contributed by atoms with Crippen LogP contribution in [-0.2, 0) is 30.3 Å². The topological polar surface area (TPSA) is 89.5 Å². The maximum atomic E-state index is 13.2. The number of carbonyl (C=O) groups is 1. The summed E-state index contributed by atoms with van der Waals surface area (Å²) in [5, 5.41) is 14.6. The Bertz CT molecular complexity index is 987. The summed E-state index contributed by atoms with van der Waals surface area (Å²) in [4.78, 5) is 13.2. The molecule has 7 nitrogen and oxygen atoms in total. The third kappa shape index (κ3) is 6.40. The van der Waals surface area contributed by atoms with Crippen LogP contribution in [0.2, 0.25) is 19.6 Å². The van der Waals surface area contributed by atoms with E-state index in [2.05, 4.69) is 36.4 Å². The lowest BCUT2D eigenvalue weighted by atomic mass is 9.64. The smallest absolute Gasteiger partial charge is 0.272 e. The number of fused-ring (bicyclic) bond motifs is 1. The molecule has 1 aliphatic heterocycles. The van der Waals surface area contributed by atoms with Crippen molar-refractivity contribution in [2.75, 3.05) is 14.2 Å². The summed E-state index contributed by atoms with van der Waals surface area (Å²) in [5.41, 5.74) is 1.93. The van der Waals surface area contributed by atoms with Crippen molar-refractivity contribution < 1.29 is 28.8 Å². The van der Waals surface area contributed by atoms with Crippen LogP contribution in [0.4, 0.5) is 0 Å². The van der Waals surface area contributed by atoms with Gasteiger partial charge in [-0.05, 0) is 18.9 Å². The van der Waals surface area contributed by atoms with Gasteiger partial charge in [-0.2, -0.15) is 0 Å². The quantitative estimate of drug-likeness (QED) is 0.160. The molecule has 0 radical (unpaired) electrons.